The van der Waals surface area contributed by atoms with Gasteiger partial charge in [-0.25, -0.2) is 0 Å². The van der Waals surface area contributed by atoms with Gasteiger partial charge in [-0.3, -0.25) is 9.78 Å². The van der Waals surface area contributed by atoms with E-state index in [0.717, 1.165) is 44.5 Å². The van der Waals surface area contributed by atoms with E-state index in [2.05, 4.69) is 23.2 Å². The van der Waals surface area contributed by atoms with Crippen LogP contribution in [0.4, 0.5) is 0 Å². The monoisotopic (exact) mass is 322 g/mol. The Morgan fingerprint density at radius 1 is 1.04 bits per heavy atom. The van der Waals surface area contributed by atoms with Crippen LogP contribution in [0.1, 0.15) is 36.3 Å². The van der Waals surface area contributed by atoms with E-state index in [1.165, 1.54) is 11.1 Å². The zero-order valence-corrected chi connectivity index (χ0v) is 13.7. The molecular weight excluding hydrogens is 300 g/mol. The maximum Gasteiger partial charge on any atom is 0.230 e. The summed E-state index contributed by atoms with van der Waals surface area (Å²) in [6.07, 6.45) is 7.43. The Kier molecular flexibility index (Phi) is 4.20. The van der Waals surface area contributed by atoms with Gasteiger partial charge < -0.3 is 9.64 Å². The molecule has 24 heavy (non-hydrogen) atoms. The Balaban J connectivity index is 1.35. The van der Waals surface area contributed by atoms with Crippen LogP contribution in [0.3, 0.4) is 0 Å². The number of hydrogen-bond donors (Lipinski definition) is 0. The molecule has 1 amide bonds. The standard InChI is InChI=1S/C20H22N2O2/c23-20(19-6-5-15-3-1-2-4-18(15)19)22-13-9-17(10-14-22)24-16-7-11-21-12-8-16/h1-4,7-8,11-12,17,19H,5-6,9-10,13-14H2. The smallest absolute Gasteiger partial charge is 0.230 e. The van der Waals surface area contributed by atoms with Crippen molar-refractivity contribution in [1.29, 1.82) is 0 Å². The number of nitrogens with zero attached hydrogens (tertiary/aromatic N) is 2. The van der Waals surface area contributed by atoms with Gasteiger partial charge in [-0.1, -0.05) is 24.3 Å². The second-order valence-corrected chi connectivity index (χ2v) is 6.62. The molecule has 1 unspecified atom stereocenters. The third kappa shape index (κ3) is 3.01. The fourth-order valence-corrected chi connectivity index (χ4v) is 3.84. The average Bonchev–Trinajstić information content (AvgIpc) is 3.07. The second kappa shape index (κ2) is 6.63. The molecule has 4 heteroatoms. The Morgan fingerprint density at radius 2 is 1.79 bits per heavy atom. The lowest BCUT2D eigenvalue weighted by atomic mass is 9.98. The van der Waals surface area contributed by atoms with Crippen molar-refractivity contribution < 1.29 is 9.53 Å². The lowest BCUT2D eigenvalue weighted by Gasteiger charge is -2.33. The minimum Gasteiger partial charge on any atom is -0.490 e. The fourth-order valence-electron chi connectivity index (χ4n) is 3.84. The van der Waals surface area contributed by atoms with E-state index in [1.54, 1.807) is 12.4 Å². The highest BCUT2D eigenvalue weighted by Crippen LogP contribution is 2.35. The summed E-state index contributed by atoms with van der Waals surface area (Å²) in [5.74, 6) is 1.21. The third-order valence-corrected chi connectivity index (χ3v) is 5.14. The van der Waals surface area contributed by atoms with Crippen LogP contribution in [0.25, 0.3) is 0 Å². The molecule has 1 aromatic heterocycles. The molecule has 4 nitrogen and oxygen atoms in total. The third-order valence-electron chi connectivity index (χ3n) is 5.14. The molecule has 1 atom stereocenters. The molecule has 2 heterocycles. The second-order valence-electron chi connectivity index (χ2n) is 6.62. The zero-order valence-electron chi connectivity index (χ0n) is 13.7. The first kappa shape index (κ1) is 15.2. The van der Waals surface area contributed by atoms with Gasteiger partial charge in [0, 0.05) is 38.3 Å². The summed E-state index contributed by atoms with van der Waals surface area (Å²) < 4.78 is 5.99. The summed E-state index contributed by atoms with van der Waals surface area (Å²) in [6.45, 7) is 1.57. The number of benzene rings is 1. The molecule has 1 aliphatic carbocycles. The van der Waals surface area contributed by atoms with Crippen LogP contribution in [-0.2, 0) is 11.2 Å². The molecule has 0 spiro atoms. The van der Waals surface area contributed by atoms with Crippen molar-refractivity contribution in [3.63, 3.8) is 0 Å². The van der Waals surface area contributed by atoms with Crippen LogP contribution in [0, 0.1) is 0 Å². The van der Waals surface area contributed by atoms with Crippen molar-refractivity contribution in [3.05, 3.63) is 59.9 Å². The Labute approximate surface area is 142 Å². The average molecular weight is 322 g/mol. The van der Waals surface area contributed by atoms with Crippen LogP contribution in [-0.4, -0.2) is 35.0 Å². The van der Waals surface area contributed by atoms with Gasteiger partial charge in [0.15, 0.2) is 0 Å². The molecule has 2 aliphatic rings. The predicted octanol–water partition coefficient (Wildman–Crippen LogP) is 3.18. The Morgan fingerprint density at radius 3 is 2.58 bits per heavy atom. The number of carbonyl (C=O) groups excluding carboxylic acids is 1. The summed E-state index contributed by atoms with van der Waals surface area (Å²) in [5, 5.41) is 0. The number of amides is 1. The Bertz CT molecular complexity index is 709. The largest absolute Gasteiger partial charge is 0.490 e. The number of hydrogen-bond acceptors (Lipinski definition) is 3. The number of rotatable bonds is 3. The topological polar surface area (TPSA) is 42.4 Å². The van der Waals surface area contributed by atoms with Gasteiger partial charge in [-0.15, -0.1) is 0 Å². The van der Waals surface area contributed by atoms with Gasteiger partial charge in [-0.2, -0.15) is 0 Å². The molecule has 124 valence electrons. The van der Waals surface area contributed by atoms with Gasteiger partial charge >= 0.3 is 0 Å². The molecule has 0 bridgehead atoms. The quantitative estimate of drug-likeness (QED) is 0.871. The minimum absolute atomic E-state index is 0.0545. The summed E-state index contributed by atoms with van der Waals surface area (Å²) in [4.78, 5) is 18.9. The van der Waals surface area contributed by atoms with E-state index in [0.29, 0.717) is 5.91 Å². The van der Waals surface area contributed by atoms with Crippen molar-refractivity contribution in [2.75, 3.05) is 13.1 Å². The molecule has 1 saturated heterocycles. The zero-order chi connectivity index (χ0) is 16.4. The first-order valence-electron chi connectivity index (χ1n) is 8.74. The van der Waals surface area contributed by atoms with Gasteiger partial charge in [0.25, 0.3) is 0 Å². The summed E-state index contributed by atoms with van der Waals surface area (Å²) >= 11 is 0. The van der Waals surface area contributed by atoms with E-state index < -0.39 is 0 Å². The van der Waals surface area contributed by atoms with Crippen molar-refractivity contribution in [1.82, 2.24) is 9.88 Å². The summed E-state index contributed by atoms with van der Waals surface area (Å²) in [5.41, 5.74) is 2.57. The number of likely N-dealkylation sites (tertiary alicyclic amines) is 1. The van der Waals surface area contributed by atoms with Gasteiger partial charge in [0.1, 0.15) is 11.9 Å². The summed E-state index contributed by atoms with van der Waals surface area (Å²) in [6, 6.07) is 12.1. The molecule has 0 radical (unpaired) electrons. The molecule has 2 aromatic rings. The van der Waals surface area contributed by atoms with Gasteiger partial charge in [-0.05, 0) is 36.1 Å². The number of fused-ring (bicyclic) bond motifs is 1. The van der Waals surface area contributed by atoms with Gasteiger partial charge in [0.2, 0.25) is 5.91 Å². The first-order valence-corrected chi connectivity index (χ1v) is 8.74. The van der Waals surface area contributed by atoms with E-state index in [9.17, 15) is 4.79 Å². The number of aromatic nitrogens is 1. The van der Waals surface area contributed by atoms with E-state index >= 15 is 0 Å². The van der Waals surface area contributed by atoms with Crippen molar-refractivity contribution in [2.45, 2.75) is 37.7 Å². The summed E-state index contributed by atoms with van der Waals surface area (Å²) in [7, 11) is 0. The highest BCUT2D eigenvalue weighted by atomic mass is 16.5. The SMILES string of the molecule is O=C(C1CCc2ccccc21)N1CCC(Oc2ccncc2)CC1. The molecule has 1 fully saturated rings. The van der Waals surface area contributed by atoms with Crippen LogP contribution in [0.15, 0.2) is 48.8 Å². The Hall–Kier alpha value is -2.36. The number of ether oxygens (including phenoxy) is 1. The lowest BCUT2D eigenvalue weighted by Crippen LogP contribution is -2.43. The number of pyridine rings is 1. The van der Waals surface area contributed by atoms with Crippen molar-refractivity contribution >= 4 is 5.91 Å². The molecule has 4 rings (SSSR count). The van der Waals surface area contributed by atoms with Crippen LogP contribution >= 0.6 is 0 Å². The normalized spacial score (nSPS) is 20.7. The van der Waals surface area contributed by atoms with E-state index in [-0.39, 0.29) is 12.0 Å². The highest BCUT2D eigenvalue weighted by molar-refractivity contribution is 5.85. The number of aryl methyl sites for hydroxylation is 1. The maximum absolute atomic E-state index is 12.9. The molecule has 1 aromatic carbocycles. The highest BCUT2D eigenvalue weighted by Gasteiger charge is 2.33. The number of piperidine rings is 1. The fraction of sp³-hybridized carbons (Fsp3) is 0.400. The lowest BCUT2D eigenvalue weighted by molar-refractivity contribution is -0.134. The molecular formula is C20H22N2O2. The van der Waals surface area contributed by atoms with Crippen LogP contribution in [0.5, 0.6) is 5.75 Å². The molecule has 1 aliphatic heterocycles. The van der Waals surface area contributed by atoms with Crippen molar-refractivity contribution in [3.8, 4) is 5.75 Å². The van der Waals surface area contributed by atoms with E-state index in [1.807, 2.05) is 23.1 Å². The van der Waals surface area contributed by atoms with E-state index in [4.69, 9.17) is 4.74 Å². The minimum atomic E-state index is 0.0545. The first-order chi connectivity index (χ1) is 11.8. The predicted molar refractivity (Wildman–Crippen MR) is 92.0 cm³/mol. The number of carbonyl (C=O) groups is 1. The van der Waals surface area contributed by atoms with Crippen molar-refractivity contribution in [2.24, 2.45) is 0 Å². The maximum atomic E-state index is 12.9. The van der Waals surface area contributed by atoms with Crippen LogP contribution < -0.4 is 4.74 Å². The molecule has 0 N–H and O–H groups in total. The van der Waals surface area contributed by atoms with Gasteiger partial charge in [0.05, 0.1) is 5.92 Å². The molecule has 0 saturated carbocycles. The van der Waals surface area contributed by atoms with Crippen LogP contribution in [0.2, 0.25) is 0 Å².